The Hall–Kier alpha value is -1.95. The molecule has 2 saturated heterocycles. The Bertz CT molecular complexity index is 785. The first-order valence-electron chi connectivity index (χ1n) is 10.4. The molecule has 0 spiro atoms. The van der Waals surface area contributed by atoms with Gasteiger partial charge in [-0.25, -0.2) is 15.0 Å². The molecule has 1 aliphatic carbocycles. The first-order chi connectivity index (χ1) is 13.2. The fraction of sp³-hybridized carbons (Fsp3) is 0.667. The van der Waals surface area contributed by atoms with Gasteiger partial charge in [-0.15, -0.1) is 0 Å². The molecule has 3 aliphatic rings. The number of nitrogens with zero attached hydrogens (tertiary/aromatic N) is 5. The third-order valence-electron chi connectivity index (χ3n) is 6.65. The predicted octanol–water partition coefficient (Wildman–Crippen LogP) is 3.42. The fourth-order valence-electron chi connectivity index (χ4n) is 4.95. The zero-order chi connectivity index (χ0) is 18.4. The minimum atomic E-state index is 0.391. The molecule has 27 heavy (non-hydrogen) atoms. The molecular weight excluding hydrogens is 338 g/mol. The number of rotatable bonds is 5. The van der Waals surface area contributed by atoms with Crippen LogP contribution in [0.2, 0.25) is 0 Å². The van der Waals surface area contributed by atoms with Crippen LogP contribution in [0.1, 0.15) is 62.1 Å². The standard InChI is InChI=1S/C21H29N5O/c1-14(2)21-19(24-13-27-21)11-25-7-16-9-26(10-17(16)8-25)20-6-18(22-12-23-20)15-4-3-5-15/h6,12-17H,3-5,7-11H2,1-2H3. The van der Waals surface area contributed by atoms with Crippen molar-refractivity contribution in [3.05, 3.63) is 35.9 Å². The first kappa shape index (κ1) is 17.2. The number of fused-ring (bicyclic) bond motifs is 1. The molecule has 4 heterocycles. The number of hydrogen-bond acceptors (Lipinski definition) is 6. The van der Waals surface area contributed by atoms with Gasteiger partial charge in [0.2, 0.25) is 0 Å². The second-order valence-corrected chi connectivity index (χ2v) is 8.87. The van der Waals surface area contributed by atoms with Crippen LogP contribution in [0, 0.1) is 11.8 Å². The average molecular weight is 367 g/mol. The molecule has 2 aromatic rings. The second-order valence-electron chi connectivity index (χ2n) is 8.87. The normalized spacial score (nSPS) is 26.0. The van der Waals surface area contributed by atoms with Crippen LogP contribution in [-0.2, 0) is 6.54 Å². The third-order valence-corrected chi connectivity index (χ3v) is 6.65. The van der Waals surface area contributed by atoms with Crippen molar-refractivity contribution in [2.45, 2.75) is 51.5 Å². The maximum atomic E-state index is 5.59. The molecule has 3 fully saturated rings. The van der Waals surface area contributed by atoms with Crippen molar-refractivity contribution in [3.8, 4) is 0 Å². The Labute approximate surface area is 161 Å². The summed E-state index contributed by atoms with van der Waals surface area (Å²) in [5, 5.41) is 0. The molecule has 2 unspecified atom stereocenters. The van der Waals surface area contributed by atoms with Crippen molar-refractivity contribution >= 4 is 5.82 Å². The van der Waals surface area contributed by atoms with Crippen LogP contribution < -0.4 is 4.90 Å². The maximum absolute atomic E-state index is 5.59. The summed E-state index contributed by atoms with van der Waals surface area (Å²) < 4.78 is 5.59. The number of aromatic nitrogens is 3. The van der Waals surface area contributed by atoms with Crippen molar-refractivity contribution in [1.29, 1.82) is 0 Å². The second kappa shape index (κ2) is 6.89. The van der Waals surface area contributed by atoms with Crippen LogP contribution in [0.15, 0.2) is 23.2 Å². The molecule has 6 heteroatoms. The smallest absolute Gasteiger partial charge is 0.181 e. The number of likely N-dealkylation sites (tertiary alicyclic amines) is 1. The molecule has 6 nitrogen and oxygen atoms in total. The molecule has 2 atom stereocenters. The lowest BCUT2D eigenvalue weighted by atomic mass is 9.83. The minimum absolute atomic E-state index is 0.391. The van der Waals surface area contributed by atoms with Crippen LogP contribution in [-0.4, -0.2) is 46.0 Å². The van der Waals surface area contributed by atoms with E-state index in [4.69, 9.17) is 4.42 Å². The van der Waals surface area contributed by atoms with E-state index in [1.54, 1.807) is 12.7 Å². The monoisotopic (exact) mass is 367 g/mol. The summed E-state index contributed by atoms with van der Waals surface area (Å²) in [4.78, 5) is 18.6. The van der Waals surface area contributed by atoms with Gasteiger partial charge in [-0.2, -0.15) is 0 Å². The van der Waals surface area contributed by atoms with Crippen LogP contribution in [0.5, 0.6) is 0 Å². The highest BCUT2D eigenvalue weighted by Crippen LogP contribution is 2.38. The molecule has 0 N–H and O–H groups in total. The molecule has 0 amide bonds. The number of anilines is 1. The molecular formula is C21H29N5O. The van der Waals surface area contributed by atoms with Gasteiger partial charge in [0.1, 0.15) is 17.9 Å². The van der Waals surface area contributed by atoms with Crippen molar-refractivity contribution in [2.75, 3.05) is 31.1 Å². The molecule has 2 aliphatic heterocycles. The Balaban J connectivity index is 1.21. The number of oxazole rings is 1. The van der Waals surface area contributed by atoms with E-state index in [0.29, 0.717) is 11.8 Å². The van der Waals surface area contributed by atoms with Crippen LogP contribution in [0.3, 0.4) is 0 Å². The Morgan fingerprint density at radius 3 is 2.52 bits per heavy atom. The van der Waals surface area contributed by atoms with E-state index in [9.17, 15) is 0 Å². The van der Waals surface area contributed by atoms with Gasteiger partial charge in [-0.3, -0.25) is 4.90 Å². The lowest BCUT2D eigenvalue weighted by Crippen LogP contribution is -2.29. The Morgan fingerprint density at radius 1 is 1.07 bits per heavy atom. The van der Waals surface area contributed by atoms with Crippen LogP contribution in [0.25, 0.3) is 0 Å². The predicted molar refractivity (Wildman–Crippen MR) is 104 cm³/mol. The Morgan fingerprint density at radius 2 is 1.85 bits per heavy atom. The Kier molecular flexibility index (Phi) is 4.38. The molecule has 0 aromatic carbocycles. The van der Waals surface area contributed by atoms with Gasteiger partial charge in [0, 0.05) is 56.3 Å². The van der Waals surface area contributed by atoms with Crippen molar-refractivity contribution in [1.82, 2.24) is 19.9 Å². The van der Waals surface area contributed by atoms with Gasteiger partial charge in [0.15, 0.2) is 6.39 Å². The van der Waals surface area contributed by atoms with Gasteiger partial charge in [0.05, 0.1) is 5.69 Å². The zero-order valence-electron chi connectivity index (χ0n) is 16.3. The SMILES string of the molecule is CC(C)c1ocnc1CN1CC2CN(c3cc(C4CCC4)ncn3)CC2C1. The molecule has 5 rings (SSSR count). The highest BCUT2D eigenvalue weighted by atomic mass is 16.3. The molecule has 144 valence electrons. The highest BCUT2D eigenvalue weighted by Gasteiger charge is 2.41. The topological polar surface area (TPSA) is 58.3 Å². The summed E-state index contributed by atoms with van der Waals surface area (Å²) in [6.07, 6.45) is 7.28. The summed E-state index contributed by atoms with van der Waals surface area (Å²) in [6.45, 7) is 9.76. The third kappa shape index (κ3) is 3.24. The van der Waals surface area contributed by atoms with E-state index in [2.05, 4.69) is 44.7 Å². The first-order valence-corrected chi connectivity index (χ1v) is 10.4. The van der Waals surface area contributed by atoms with E-state index in [0.717, 1.165) is 61.8 Å². The zero-order valence-corrected chi connectivity index (χ0v) is 16.3. The van der Waals surface area contributed by atoms with Crippen molar-refractivity contribution in [3.63, 3.8) is 0 Å². The number of hydrogen-bond donors (Lipinski definition) is 0. The summed E-state index contributed by atoms with van der Waals surface area (Å²) in [5.74, 6) is 4.68. The molecule has 2 aromatic heterocycles. The summed E-state index contributed by atoms with van der Waals surface area (Å²) >= 11 is 0. The summed E-state index contributed by atoms with van der Waals surface area (Å²) in [6, 6.07) is 2.24. The van der Waals surface area contributed by atoms with Crippen LogP contribution in [0.4, 0.5) is 5.82 Å². The van der Waals surface area contributed by atoms with E-state index in [1.165, 1.54) is 25.0 Å². The van der Waals surface area contributed by atoms with Crippen LogP contribution >= 0.6 is 0 Å². The van der Waals surface area contributed by atoms with Gasteiger partial charge < -0.3 is 9.32 Å². The van der Waals surface area contributed by atoms with Gasteiger partial charge in [-0.1, -0.05) is 20.3 Å². The average Bonchev–Trinajstić information content (AvgIpc) is 3.28. The minimum Gasteiger partial charge on any atom is -0.448 e. The van der Waals surface area contributed by atoms with Gasteiger partial charge in [-0.05, 0) is 24.7 Å². The van der Waals surface area contributed by atoms with Gasteiger partial charge in [0.25, 0.3) is 0 Å². The quantitative estimate of drug-likeness (QED) is 0.807. The fourth-order valence-corrected chi connectivity index (χ4v) is 4.95. The lowest BCUT2D eigenvalue weighted by Gasteiger charge is -2.26. The van der Waals surface area contributed by atoms with Crippen molar-refractivity contribution < 1.29 is 4.42 Å². The largest absolute Gasteiger partial charge is 0.448 e. The molecule has 0 radical (unpaired) electrons. The van der Waals surface area contributed by atoms with E-state index >= 15 is 0 Å². The maximum Gasteiger partial charge on any atom is 0.181 e. The highest BCUT2D eigenvalue weighted by molar-refractivity contribution is 5.42. The summed E-state index contributed by atoms with van der Waals surface area (Å²) in [7, 11) is 0. The molecule has 0 bridgehead atoms. The van der Waals surface area contributed by atoms with E-state index < -0.39 is 0 Å². The van der Waals surface area contributed by atoms with Crippen molar-refractivity contribution in [2.24, 2.45) is 11.8 Å². The van der Waals surface area contributed by atoms with E-state index in [-0.39, 0.29) is 0 Å². The van der Waals surface area contributed by atoms with Gasteiger partial charge >= 0.3 is 0 Å². The lowest BCUT2D eigenvalue weighted by molar-refractivity contribution is 0.302. The van der Waals surface area contributed by atoms with E-state index in [1.807, 2.05) is 0 Å². The molecule has 1 saturated carbocycles. The summed E-state index contributed by atoms with van der Waals surface area (Å²) in [5.41, 5.74) is 2.36.